The Balaban J connectivity index is 2.28. The Hall–Kier alpha value is -0.870. The number of aliphatic hydroxyl groups excluding tert-OH is 1. The van der Waals surface area contributed by atoms with Gasteiger partial charge >= 0.3 is 0 Å². The fourth-order valence-corrected chi connectivity index (χ4v) is 4.33. The molecule has 1 saturated carbocycles. The first-order valence-corrected chi connectivity index (χ1v) is 7.53. The SMILES string of the molecule is C[C@@H]1CC[C@@H](S(=O)(=O)c2ccccc2)[C@H](O)C1. The zero-order valence-electron chi connectivity index (χ0n) is 9.91. The van der Waals surface area contributed by atoms with Crippen molar-refractivity contribution in [3.8, 4) is 0 Å². The molecule has 0 spiro atoms. The molecule has 1 aromatic rings. The lowest BCUT2D eigenvalue weighted by Gasteiger charge is -2.31. The van der Waals surface area contributed by atoms with Crippen molar-refractivity contribution in [2.75, 3.05) is 0 Å². The number of benzene rings is 1. The maximum absolute atomic E-state index is 12.3. The normalized spacial score (nSPS) is 30.1. The smallest absolute Gasteiger partial charge is 0.183 e. The van der Waals surface area contributed by atoms with Gasteiger partial charge in [-0.15, -0.1) is 0 Å². The van der Waals surface area contributed by atoms with E-state index in [2.05, 4.69) is 6.92 Å². The lowest BCUT2D eigenvalue weighted by atomic mass is 9.88. The molecule has 1 aromatic carbocycles. The van der Waals surface area contributed by atoms with Gasteiger partial charge in [-0.05, 0) is 37.3 Å². The van der Waals surface area contributed by atoms with Crippen LogP contribution in [0.3, 0.4) is 0 Å². The molecule has 1 aliphatic rings. The quantitative estimate of drug-likeness (QED) is 0.878. The molecule has 0 radical (unpaired) electrons. The molecule has 17 heavy (non-hydrogen) atoms. The van der Waals surface area contributed by atoms with Crippen LogP contribution in [0.2, 0.25) is 0 Å². The van der Waals surface area contributed by atoms with Crippen molar-refractivity contribution < 1.29 is 13.5 Å². The van der Waals surface area contributed by atoms with Crippen LogP contribution in [0.1, 0.15) is 26.2 Å². The van der Waals surface area contributed by atoms with Gasteiger partial charge in [-0.3, -0.25) is 0 Å². The van der Waals surface area contributed by atoms with Gasteiger partial charge in [-0.2, -0.15) is 0 Å². The molecular weight excluding hydrogens is 236 g/mol. The van der Waals surface area contributed by atoms with E-state index < -0.39 is 21.2 Å². The second-order valence-corrected chi connectivity index (χ2v) is 7.05. The maximum atomic E-state index is 12.3. The molecule has 3 nitrogen and oxygen atoms in total. The maximum Gasteiger partial charge on any atom is 0.183 e. The first-order chi connectivity index (χ1) is 8.01. The summed E-state index contributed by atoms with van der Waals surface area (Å²) in [5, 5.41) is 9.32. The fourth-order valence-electron chi connectivity index (χ4n) is 2.47. The van der Waals surface area contributed by atoms with E-state index in [4.69, 9.17) is 0 Å². The average molecular weight is 254 g/mol. The van der Waals surface area contributed by atoms with E-state index in [1.54, 1.807) is 30.3 Å². The van der Waals surface area contributed by atoms with Crippen LogP contribution in [0.15, 0.2) is 35.2 Å². The molecule has 0 saturated heterocycles. The van der Waals surface area contributed by atoms with Gasteiger partial charge in [0.1, 0.15) is 0 Å². The van der Waals surface area contributed by atoms with Gasteiger partial charge in [0.25, 0.3) is 0 Å². The Morgan fingerprint density at radius 1 is 1.18 bits per heavy atom. The topological polar surface area (TPSA) is 54.4 Å². The summed E-state index contributed by atoms with van der Waals surface area (Å²) in [6.07, 6.45) is 1.27. The second-order valence-electron chi connectivity index (χ2n) is 4.88. The molecule has 3 atom stereocenters. The Morgan fingerprint density at radius 3 is 2.41 bits per heavy atom. The summed E-state index contributed by atoms with van der Waals surface area (Å²) < 4.78 is 24.7. The van der Waals surface area contributed by atoms with Gasteiger partial charge in [0.05, 0.1) is 16.2 Å². The minimum absolute atomic E-state index is 0.318. The molecule has 0 aromatic heterocycles. The van der Waals surface area contributed by atoms with Crippen LogP contribution in [0.25, 0.3) is 0 Å². The fraction of sp³-hybridized carbons (Fsp3) is 0.538. The first kappa shape index (κ1) is 12.6. The highest BCUT2D eigenvalue weighted by atomic mass is 32.2. The van der Waals surface area contributed by atoms with E-state index in [1.807, 2.05) is 0 Å². The van der Waals surface area contributed by atoms with Gasteiger partial charge in [-0.25, -0.2) is 8.42 Å². The summed E-state index contributed by atoms with van der Waals surface area (Å²) >= 11 is 0. The molecule has 1 fully saturated rings. The van der Waals surface area contributed by atoms with Gasteiger partial charge < -0.3 is 5.11 Å². The standard InChI is InChI=1S/C13H18O3S/c1-10-7-8-13(12(14)9-10)17(15,16)11-5-3-2-4-6-11/h2-6,10,12-14H,7-9H2,1H3/t10-,12-,13-/m1/s1. The Bertz CT molecular complexity index is 467. The minimum atomic E-state index is -3.38. The Kier molecular flexibility index (Phi) is 3.54. The average Bonchev–Trinajstić information content (AvgIpc) is 2.29. The molecular formula is C13H18O3S. The molecule has 4 heteroatoms. The third-order valence-electron chi connectivity index (χ3n) is 3.49. The minimum Gasteiger partial charge on any atom is -0.392 e. The highest BCUT2D eigenvalue weighted by Gasteiger charge is 2.37. The van der Waals surface area contributed by atoms with Crippen LogP contribution in [-0.4, -0.2) is 24.9 Å². The van der Waals surface area contributed by atoms with Crippen LogP contribution in [0.4, 0.5) is 0 Å². The van der Waals surface area contributed by atoms with Gasteiger partial charge in [0.15, 0.2) is 9.84 Å². The Labute approximate surface area is 102 Å². The van der Waals surface area contributed by atoms with Crippen LogP contribution in [0, 0.1) is 5.92 Å². The highest BCUT2D eigenvalue weighted by molar-refractivity contribution is 7.92. The second kappa shape index (κ2) is 4.78. The molecule has 0 heterocycles. The van der Waals surface area contributed by atoms with E-state index in [0.29, 0.717) is 23.7 Å². The van der Waals surface area contributed by atoms with E-state index >= 15 is 0 Å². The highest BCUT2D eigenvalue weighted by Crippen LogP contribution is 2.31. The van der Waals surface area contributed by atoms with Crippen molar-refractivity contribution in [1.29, 1.82) is 0 Å². The van der Waals surface area contributed by atoms with Gasteiger partial charge in [-0.1, -0.05) is 25.1 Å². The largest absolute Gasteiger partial charge is 0.392 e. The van der Waals surface area contributed by atoms with E-state index in [-0.39, 0.29) is 0 Å². The van der Waals surface area contributed by atoms with Gasteiger partial charge in [0, 0.05) is 0 Å². The molecule has 1 N–H and O–H groups in total. The van der Waals surface area contributed by atoms with Crippen LogP contribution in [0.5, 0.6) is 0 Å². The molecule has 94 valence electrons. The molecule has 2 rings (SSSR count). The molecule has 0 amide bonds. The summed E-state index contributed by atoms with van der Waals surface area (Å²) in [6, 6.07) is 8.41. The van der Waals surface area contributed by atoms with Gasteiger partial charge in [0.2, 0.25) is 0 Å². The zero-order chi connectivity index (χ0) is 12.5. The van der Waals surface area contributed by atoms with Crippen molar-refractivity contribution in [2.45, 2.75) is 42.4 Å². The van der Waals surface area contributed by atoms with Crippen molar-refractivity contribution in [1.82, 2.24) is 0 Å². The third-order valence-corrected chi connectivity index (χ3v) is 5.76. The van der Waals surface area contributed by atoms with Crippen molar-refractivity contribution >= 4 is 9.84 Å². The van der Waals surface area contributed by atoms with Crippen LogP contribution in [-0.2, 0) is 9.84 Å². The van der Waals surface area contributed by atoms with Crippen molar-refractivity contribution in [3.63, 3.8) is 0 Å². The number of sulfone groups is 1. The van der Waals surface area contributed by atoms with Crippen LogP contribution >= 0.6 is 0 Å². The summed E-state index contributed by atoms with van der Waals surface area (Å²) in [7, 11) is -3.38. The number of aliphatic hydroxyl groups is 1. The monoisotopic (exact) mass is 254 g/mol. The summed E-state index contributed by atoms with van der Waals surface area (Å²) in [5.74, 6) is 0.409. The molecule has 0 bridgehead atoms. The van der Waals surface area contributed by atoms with E-state index in [1.165, 1.54) is 0 Å². The molecule has 0 aliphatic heterocycles. The Morgan fingerprint density at radius 2 is 1.82 bits per heavy atom. The van der Waals surface area contributed by atoms with E-state index in [9.17, 15) is 13.5 Å². The number of hydrogen-bond donors (Lipinski definition) is 1. The number of hydrogen-bond acceptors (Lipinski definition) is 3. The predicted molar refractivity (Wildman–Crippen MR) is 66.4 cm³/mol. The summed E-state index contributed by atoms with van der Waals surface area (Å²) in [5.41, 5.74) is 0. The molecule has 0 unspecified atom stereocenters. The van der Waals surface area contributed by atoms with Crippen molar-refractivity contribution in [2.24, 2.45) is 5.92 Å². The van der Waals surface area contributed by atoms with Crippen LogP contribution < -0.4 is 0 Å². The zero-order valence-corrected chi connectivity index (χ0v) is 10.7. The summed E-state index contributed by atoms with van der Waals surface area (Å²) in [4.78, 5) is 0.318. The first-order valence-electron chi connectivity index (χ1n) is 5.99. The number of rotatable bonds is 2. The lowest BCUT2D eigenvalue weighted by molar-refractivity contribution is 0.109. The predicted octanol–water partition coefficient (Wildman–Crippen LogP) is 2.01. The molecule has 1 aliphatic carbocycles. The summed E-state index contributed by atoms with van der Waals surface area (Å²) in [6.45, 7) is 2.05. The lowest BCUT2D eigenvalue weighted by Crippen LogP contribution is -2.39. The van der Waals surface area contributed by atoms with Crippen molar-refractivity contribution in [3.05, 3.63) is 30.3 Å². The van der Waals surface area contributed by atoms with E-state index in [0.717, 1.165) is 6.42 Å². The third kappa shape index (κ3) is 2.53.